The highest BCUT2D eigenvalue weighted by molar-refractivity contribution is 9.06. The van der Waals surface area contributed by atoms with Crippen LogP contribution in [0.3, 0.4) is 0 Å². The van der Waals surface area contributed by atoms with Crippen LogP contribution in [-0.4, -0.2) is 27.0 Å². The summed E-state index contributed by atoms with van der Waals surface area (Å²) in [6.07, 6.45) is 0. The molecule has 1 fully saturated rings. The van der Waals surface area contributed by atoms with Gasteiger partial charge in [0.2, 0.25) is 0 Å². The predicted octanol–water partition coefficient (Wildman–Crippen LogP) is 13.7. The zero-order chi connectivity index (χ0) is 42.1. The van der Waals surface area contributed by atoms with Gasteiger partial charge in [-0.2, -0.15) is 21.3 Å². The normalized spacial score (nSPS) is 23.3. The molecule has 1 aliphatic rings. The van der Waals surface area contributed by atoms with Gasteiger partial charge in [0.15, 0.2) is 11.8 Å². The third-order valence-corrected chi connectivity index (χ3v) is 98.6. The molecular formula is C42H70S2Si4. The molecule has 6 heteroatoms. The maximum absolute atomic E-state index is 7.12. The number of hydrogen-bond acceptors (Lipinski definition) is 2. The Hall–Kier alpha value is -0.772. The summed E-state index contributed by atoms with van der Waals surface area (Å²) in [5, 5.41) is 4.92. The zero-order valence-corrected chi connectivity index (χ0v) is 39.2. The Bertz CT molecular complexity index is 1510. The molecule has 0 bridgehead atoms. The van der Waals surface area contributed by atoms with Crippen LogP contribution < -0.4 is 10.4 Å². The van der Waals surface area contributed by atoms with Crippen LogP contribution in [0.2, 0.25) is 30.2 Å². The van der Waals surface area contributed by atoms with Crippen LogP contribution in [0.5, 0.6) is 0 Å². The summed E-state index contributed by atoms with van der Waals surface area (Å²) in [6.45, 7) is 47.5. The molecule has 0 atom stereocenters. The van der Waals surface area contributed by atoms with E-state index in [1.807, 2.05) is 0 Å². The predicted molar refractivity (Wildman–Crippen MR) is 235 cm³/mol. The van der Waals surface area contributed by atoms with E-state index in [-0.39, 0.29) is 30.2 Å². The van der Waals surface area contributed by atoms with Crippen molar-refractivity contribution in [3.63, 3.8) is 0 Å². The first-order valence-electron chi connectivity index (χ1n) is 20.6. The lowest BCUT2D eigenvalue weighted by Gasteiger charge is -2.78. The Morgan fingerprint density at radius 1 is 0.375 bits per heavy atom. The Kier molecular flexibility index (Phi) is 9.41. The van der Waals surface area contributed by atoms with Crippen LogP contribution in [-0.2, 0) is 0 Å². The maximum Gasteiger partial charge on any atom is 0.187 e. The smallest absolute Gasteiger partial charge is 0.180 e. The molecule has 3 aromatic carbocycles. The first-order valence-corrected chi connectivity index (χ1v) is 32.2. The lowest BCUT2D eigenvalue weighted by molar-refractivity contribution is 0.555. The molecule has 48 heavy (non-hydrogen) atoms. The zero-order valence-electron chi connectivity index (χ0n) is 39.6. The lowest BCUT2D eigenvalue weighted by atomic mass is 10.2. The van der Waals surface area contributed by atoms with E-state index in [0.29, 0.717) is 0 Å². The summed E-state index contributed by atoms with van der Waals surface area (Å²) >= 11 is 0. The summed E-state index contributed by atoms with van der Waals surface area (Å²) in [4.78, 5) is 0. The largest absolute Gasteiger partial charge is 0.187 e. The van der Waals surface area contributed by atoms with Crippen molar-refractivity contribution < 1.29 is 8.22 Å². The summed E-state index contributed by atoms with van der Waals surface area (Å²) in [5.41, 5.74) is 0. The van der Waals surface area contributed by atoms with Gasteiger partial charge in [0, 0.05) is 0 Å². The van der Waals surface area contributed by atoms with E-state index in [9.17, 15) is 0 Å². The van der Waals surface area contributed by atoms with Crippen molar-refractivity contribution in [2.24, 2.45) is 0 Å². The lowest BCUT2D eigenvalue weighted by Crippen LogP contribution is -2.91. The Morgan fingerprint density at radius 3 is 0.729 bits per heavy atom. The highest BCUT2D eigenvalue weighted by atomic mass is 32.9. The van der Waals surface area contributed by atoms with Gasteiger partial charge in [0.05, 0.1) is 23.4 Å². The number of hydrogen-bond donors (Lipinski definition) is 0. The van der Waals surface area contributed by atoms with Crippen molar-refractivity contribution in [3.05, 3.63) is 96.9 Å². The molecule has 4 rings (SSSR count). The third kappa shape index (κ3) is 6.44. The molecule has 1 saturated heterocycles. The van der Waals surface area contributed by atoms with Crippen LogP contribution in [0.15, 0.2) is 96.9 Å². The van der Waals surface area contributed by atoms with Gasteiger partial charge in [0.25, 0.3) is 0 Å². The molecule has 0 N–H and O–H groups in total. The minimum atomic E-state index is -2.20. The average Bonchev–Trinajstić information content (AvgIpc) is 2.97. The molecule has 0 unspecified atom stereocenters. The first-order chi connectivity index (χ1) is 24.1. The standard InChI is InChI=1S/C36H64S2Si4.C6H6/c1-31(2,3)41(32(4,5)6,33(7,8)9)39(29-25-21-19-22-26-29)37-40(38-39,30-27-23-20-24-28-30)42(34(10,11)12,35(13,14)15)36(16,17)18;1-2-4-6-5-3-1/h19-28H,1-18H3;1-6H/i;1D,2D,3D,4D,5D,6D. The van der Waals surface area contributed by atoms with E-state index in [1.54, 1.807) is 10.4 Å². The van der Waals surface area contributed by atoms with Crippen LogP contribution in [0.25, 0.3) is 0 Å². The quantitative estimate of drug-likeness (QED) is 0.243. The fourth-order valence-electron chi connectivity index (χ4n) is 12.6. The molecule has 3 aromatic rings. The van der Waals surface area contributed by atoms with E-state index >= 15 is 0 Å². The molecule has 0 aromatic heterocycles. The van der Waals surface area contributed by atoms with E-state index in [4.69, 9.17) is 8.22 Å². The molecule has 0 radical (unpaired) electrons. The van der Waals surface area contributed by atoms with E-state index < -0.39 is 63.2 Å². The van der Waals surface area contributed by atoms with Crippen molar-refractivity contribution in [2.75, 3.05) is 0 Å². The monoisotopic (exact) mass is 756 g/mol. The molecule has 0 amide bonds. The highest BCUT2D eigenvalue weighted by Gasteiger charge is 2.85. The van der Waals surface area contributed by atoms with Gasteiger partial charge in [-0.15, -0.1) is 0 Å². The van der Waals surface area contributed by atoms with Gasteiger partial charge in [-0.25, -0.2) is 0 Å². The second-order valence-corrected chi connectivity index (χ2v) is 63.1. The summed E-state index contributed by atoms with van der Waals surface area (Å²) in [7, 11) is 1.10. The van der Waals surface area contributed by atoms with Gasteiger partial charge < -0.3 is 0 Å². The van der Waals surface area contributed by atoms with Gasteiger partial charge in [-0.1, -0.05) is 222 Å². The van der Waals surface area contributed by atoms with Crippen LogP contribution >= 0.6 is 21.3 Å². The van der Waals surface area contributed by atoms with Crippen molar-refractivity contribution in [2.45, 2.75) is 155 Å². The fraction of sp³-hybridized carbons (Fsp3) is 0.571. The minimum absolute atomic E-state index is 0.248. The molecule has 0 spiro atoms. The van der Waals surface area contributed by atoms with Crippen molar-refractivity contribution in [1.82, 2.24) is 0 Å². The molecule has 0 nitrogen and oxygen atoms in total. The summed E-state index contributed by atoms with van der Waals surface area (Å²) < 4.78 is 42.7. The average molecular weight is 758 g/mol. The molecular weight excluding hydrogens is 681 g/mol. The molecule has 266 valence electrons. The number of benzene rings is 3. The first kappa shape index (κ1) is 33.1. The summed E-state index contributed by atoms with van der Waals surface area (Å²) in [6, 6.07) is 21.4. The van der Waals surface area contributed by atoms with Crippen LogP contribution in [0, 0.1) is 0 Å². The topological polar surface area (TPSA) is 0 Å². The SMILES string of the molecule is CC(C)(C)[Si](C(C)(C)C)(C(C)(C)C)[Si]1(c2ccccc2)S[Si](c2ccccc2)([Si](C(C)(C)C)(C(C)(C)C)C(C)(C)C)S1.[2H]c1c([2H])c([2H])c([2H])c([2H])c1[2H]. The van der Waals surface area contributed by atoms with E-state index in [2.05, 4.69) is 207 Å². The van der Waals surface area contributed by atoms with Gasteiger partial charge in [-0.3, -0.25) is 0 Å². The fourth-order valence-corrected chi connectivity index (χ4v) is 173. The van der Waals surface area contributed by atoms with Crippen molar-refractivity contribution in [3.8, 4) is 0 Å². The van der Waals surface area contributed by atoms with Crippen molar-refractivity contribution >= 4 is 58.7 Å². The van der Waals surface area contributed by atoms with Gasteiger partial charge in [-0.05, 0) is 40.6 Å². The third-order valence-electron chi connectivity index (χ3n) is 11.0. The van der Waals surface area contributed by atoms with Gasteiger partial charge >= 0.3 is 0 Å². The Labute approximate surface area is 317 Å². The Morgan fingerprint density at radius 2 is 0.562 bits per heavy atom. The molecule has 0 saturated carbocycles. The molecule has 1 aliphatic heterocycles. The van der Waals surface area contributed by atoms with Crippen molar-refractivity contribution in [1.29, 1.82) is 0 Å². The van der Waals surface area contributed by atoms with Gasteiger partial charge in [0.1, 0.15) is 0 Å². The second kappa shape index (κ2) is 13.7. The molecule has 0 aliphatic carbocycles. The van der Waals surface area contributed by atoms with E-state index in [0.717, 1.165) is 0 Å². The van der Waals surface area contributed by atoms with E-state index in [1.165, 1.54) is 0 Å². The number of rotatable bonds is 4. The molecule has 1 heterocycles. The second-order valence-electron chi connectivity index (χ2n) is 19.9. The van der Waals surface area contributed by atoms with Crippen LogP contribution in [0.1, 0.15) is 133 Å². The maximum atomic E-state index is 7.12. The minimum Gasteiger partial charge on any atom is -0.180 e. The summed E-state index contributed by atoms with van der Waals surface area (Å²) in [5.74, 6) is -4.40. The van der Waals surface area contributed by atoms with Crippen LogP contribution in [0.4, 0.5) is 0 Å². The Balaban J connectivity index is 0.000000553. The highest BCUT2D eigenvalue weighted by Crippen LogP contribution is 2.81.